The molecular weight excluding hydrogens is 238 g/mol. The van der Waals surface area contributed by atoms with Crippen LogP contribution in [0.1, 0.15) is 48.6 Å². The maximum atomic E-state index is 12.3. The molecule has 0 aliphatic rings. The van der Waals surface area contributed by atoms with Gasteiger partial charge in [-0.15, -0.1) is 0 Å². The van der Waals surface area contributed by atoms with Crippen molar-refractivity contribution in [2.24, 2.45) is 0 Å². The van der Waals surface area contributed by atoms with Crippen LogP contribution in [0, 0.1) is 0 Å². The van der Waals surface area contributed by atoms with Gasteiger partial charge >= 0.3 is 0 Å². The van der Waals surface area contributed by atoms with Crippen molar-refractivity contribution in [1.82, 2.24) is 14.8 Å². The van der Waals surface area contributed by atoms with Crippen LogP contribution in [-0.4, -0.2) is 20.5 Å². The van der Waals surface area contributed by atoms with Crippen LogP contribution in [0.3, 0.4) is 0 Å². The molecule has 0 saturated heterocycles. The molecule has 0 aliphatic carbocycles. The minimum Gasteiger partial charge on any atom is -0.292 e. The molecule has 2 heterocycles. The highest BCUT2D eigenvalue weighted by Crippen LogP contribution is 2.11. The SMILES string of the molecule is CCc1cccnc1C(=O)Cc1ccn(C(C)C)n1. The molecule has 0 aromatic carbocycles. The van der Waals surface area contributed by atoms with Gasteiger partial charge in [-0.25, -0.2) is 0 Å². The fourth-order valence-electron chi connectivity index (χ4n) is 1.98. The second kappa shape index (κ2) is 5.78. The third kappa shape index (κ3) is 3.08. The summed E-state index contributed by atoms with van der Waals surface area (Å²) in [6.07, 6.45) is 4.70. The fraction of sp³-hybridized carbons (Fsp3) is 0.400. The lowest BCUT2D eigenvalue weighted by molar-refractivity contribution is 0.0986. The fourth-order valence-corrected chi connectivity index (χ4v) is 1.98. The van der Waals surface area contributed by atoms with E-state index in [4.69, 9.17) is 0 Å². The average Bonchev–Trinajstić information content (AvgIpc) is 2.87. The smallest absolute Gasteiger partial charge is 0.187 e. The van der Waals surface area contributed by atoms with Crippen molar-refractivity contribution in [3.8, 4) is 0 Å². The summed E-state index contributed by atoms with van der Waals surface area (Å²) in [6.45, 7) is 6.15. The number of ketones is 1. The van der Waals surface area contributed by atoms with E-state index in [-0.39, 0.29) is 5.78 Å². The highest BCUT2D eigenvalue weighted by Gasteiger charge is 2.14. The van der Waals surface area contributed by atoms with Gasteiger partial charge in [0.2, 0.25) is 0 Å². The first-order valence-corrected chi connectivity index (χ1v) is 6.63. The van der Waals surface area contributed by atoms with Crippen LogP contribution in [0.15, 0.2) is 30.6 Å². The number of carbonyl (C=O) groups excluding carboxylic acids is 1. The summed E-state index contributed by atoms with van der Waals surface area (Å²) in [4.78, 5) is 16.5. The van der Waals surface area contributed by atoms with Crippen LogP contribution in [-0.2, 0) is 12.8 Å². The van der Waals surface area contributed by atoms with Crippen molar-refractivity contribution in [2.75, 3.05) is 0 Å². The number of carbonyl (C=O) groups is 1. The number of hydrogen-bond donors (Lipinski definition) is 0. The van der Waals surface area contributed by atoms with Gasteiger partial charge in [0.05, 0.1) is 12.1 Å². The molecule has 0 unspecified atom stereocenters. The summed E-state index contributed by atoms with van der Waals surface area (Å²) in [5.74, 6) is 0.0338. The van der Waals surface area contributed by atoms with E-state index in [9.17, 15) is 4.79 Å². The molecule has 0 radical (unpaired) electrons. The lowest BCUT2D eigenvalue weighted by Gasteiger charge is -2.05. The first kappa shape index (κ1) is 13.5. The van der Waals surface area contributed by atoms with Crippen molar-refractivity contribution in [3.63, 3.8) is 0 Å². The Morgan fingerprint density at radius 3 is 2.79 bits per heavy atom. The molecule has 0 saturated carbocycles. The number of hydrogen-bond acceptors (Lipinski definition) is 3. The number of aromatic nitrogens is 3. The number of aryl methyl sites for hydroxylation is 1. The molecule has 2 aromatic heterocycles. The highest BCUT2D eigenvalue weighted by molar-refractivity contribution is 5.96. The van der Waals surface area contributed by atoms with E-state index in [1.807, 2.05) is 36.0 Å². The molecule has 0 amide bonds. The third-order valence-corrected chi connectivity index (χ3v) is 3.07. The summed E-state index contributed by atoms with van der Waals surface area (Å²) >= 11 is 0. The van der Waals surface area contributed by atoms with Crippen LogP contribution in [0.5, 0.6) is 0 Å². The Morgan fingerprint density at radius 1 is 1.37 bits per heavy atom. The van der Waals surface area contributed by atoms with Gasteiger partial charge in [0, 0.05) is 18.4 Å². The summed E-state index contributed by atoms with van der Waals surface area (Å²) < 4.78 is 1.86. The van der Waals surface area contributed by atoms with Gasteiger partial charge in [-0.1, -0.05) is 13.0 Å². The largest absolute Gasteiger partial charge is 0.292 e. The van der Waals surface area contributed by atoms with Gasteiger partial charge in [0.15, 0.2) is 5.78 Å². The Hall–Kier alpha value is -1.97. The third-order valence-electron chi connectivity index (χ3n) is 3.07. The maximum absolute atomic E-state index is 12.3. The zero-order valence-corrected chi connectivity index (χ0v) is 11.6. The molecule has 0 bridgehead atoms. The zero-order chi connectivity index (χ0) is 13.8. The van der Waals surface area contributed by atoms with Gasteiger partial charge in [0.25, 0.3) is 0 Å². The van der Waals surface area contributed by atoms with Crippen molar-refractivity contribution in [2.45, 2.75) is 39.7 Å². The number of nitrogens with zero attached hydrogens (tertiary/aromatic N) is 3. The lowest BCUT2D eigenvalue weighted by atomic mass is 10.1. The molecule has 100 valence electrons. The van der Waals surface area contributed by atoms with Crippen LogP contribution in [0.2, 0.25) is 0 Å². The van der Waals surface area contributed by atoms with E-state index in [0.29, 0.717) is 18.2 Å². The standard InChI is InChI=1S/C15H19N3O/c1-4-12-6-5-8-16-15(12)14(19)10-13-7-9-18(17-13)11(2)3/h5-9,11H,4,10H2,1-3H3. The Morgan fingerprint density at radius 2 is 2.16 bits per heavy atom. The van der Waals surface area contributed by atoms with Gasteiger partial charge in [0.1, 0.15) is 5.69 Å². The molecule has 0 fully saturated rings. The van der Waals surface area contributed by atoms with Crippen molar-refractivity contribution < 1.29 is 4.79 Å². The molecule has 19 heavy (non-hydrogen) atoms. The van der Waals surface area contributed by atoms with E-state index in [1.165, 1.54) is 0 Å². The molecule has 0 N–H and O–H groups in total. The van der Waals surface area contributed by atoms with Gasteiger partial charge in [-0.05, 0) is 38.0 Å². The molecule has 4 heteroatoms. The van der Waals surface area contributed by atoms with E-state index in [1.54, 1.807) is 6.20 Å². The number of Topliss-reactive ketones (excluding diaryl/α,β-unsaturated/α-hetero) is 1. The van der Waals surface area contributed by atoms with Gasteiger partial charge in [-0.2, -0.15) is 5.10 Å². The Labute approximate surface area is 113 Å². The van der Waals surface area contributed by atoms with E-state index >= 15 is 0 Å². The second-order valence-corrected chi connectivity index (χ2v) is 4.85. The number of rotatable bonds is 5. The van der Waals surface area contributed by atoms with Gasteiger partial charge in [-0.3, -0.25) is 14.5 Å². The molecule has 0 spiro atoms. The molecule has 2 aromatic rings. The van der Waals surface area contributed by atoms with Crippen LogP contribution in [0.4, 0.5) is 0 Å². The van der Waals surface area contributed by atoms with Crippen LogP contribution < -0.4 is 0 Å². The Bertz CT molecular complexity index is 572. The summed E-state index contributed by atoms with van der Waals surface area (Å²) in [6, 6.07) is 6.02. The monoisotopic (exact) mass is 257 g/mol. The molecule has 2 rings (SSSR count). The van der Waals surface area contributed by atoms with Crippen molar-refractivity contribution in [1.29, 1.82) is 0 Å². The van der Waals surface area contributed by atoms with Crippen molar-refractivity contribution in [3.05, 3.63) is 47.5 Å². The van der Waals surface area contributed by atoms with E-state index < -0.39 is 0 Å². The quantitative estimate of drug-likeness (QED) is 0.774. The molecule has 4 nitrogen and oxygen atoms in total. The average molecular weight is 257 g/mol. The summed E-state index contributed by atoms with van der Waals surface area (Å²) in [7, 11) is 0. The first-order valence-electron chi connectivity index (χ1n) is 6.63. The summed E-state index contributed by atoms with van der Waals surface area (Å²) in [5, 5.41) is 4.40. The predicted molar refractivity (Wildman–Crippen MR) is 74.3 cm³/mol. The Kier molecular flexibility index (Phi) is 4.10. The zero-order valence-electron chi connectivity index (χ0n) is 11.6. The number of pyridine rings is 1. The topological polar surface area (TPSA) is 47.8 Å². The highest BCUT2D eigenvalue weighted by atomic mass is 16.1. The van der Waals surface area contributed by atoms with Crippen LogP contribution in [0.25, 0.3) is 0 Å². The van der Waals surface area contributed by atoms with Crippen molar-refractivity contribution >= 4 is 5.78 Å². The van der Waals surface area contributed by atoms with Crippen LogP contribution >= 0.6 is 0 Å². The van der Waals surface area contributed by atoms with E-state index in [0.717, 1.165) is 17.7 Å². The molecule has 0 aliphatic heterocycles. The maximum Gasteiger partial charge on any atom is 0.187 e. The Balaban J connectivity index is 2.16. The minimum absolute atomic E-state index is 0.0338. The predicted octanol–water partition coefficient (Wildman–Crippen LogP) is 2.85. The summed E-state index contributed by atoms with van der Waals surface area (Å²) in [5.41, 5.74) is 2.37. The minimum atomic E-state index is 0.0338. The normalized spacial score (nSPS) is 10.9. The first-order chi connectivity index (χ1) is 9.11. The van der Waals surface area contributed by atoms with Gasteiger partial charge < -0.3 is 0 Å². The second-order valence-electron chi connectivity index (χ2n) is 4.85. The lowest BCUT2D eigenvalue weighted by Crippen LogP contribution is -2.10. The van der Waals surface area contributed by atoms with E-state index in [2.05, 4.69) is 23.9 Å². The molecule has 0 atom stereocenters. The molecular formula is C15H19N3O.